The number of aromatic nitrogens is 4. The van der Waals surface area contributed by atoms with Gasteiger partial charge in [-0.2, -0.15) is 10.2 Å². The Bertz CT molecular complexity index is 444. The van der Waals surface area contributed by atoms with E-state index < -0.39 is 5.82 Å². The van der Waals surface area contributed by atoms with Crippen molar-refractivity contribution in [3.05, 3.63) is 29.5 Å². The number of hydrogen-bond acceptors (Lipinski definition) is 3. The highest BCUT2D eigenvalue weighted by Gasteiger charge is 2.12. The van der Waals surface area contributed by atoms with Gasteiger partial charge in [0.1, 0.15) is 0 Å². The van der Waals surface area contributed by atoms with E-state index in [1.165, 1.54) is 4.68 Å². The van der Waals surface area contributed by atoms with Gasteiger partial charge in [-0.05, 0) is 13.0 Å². The highest BCUT2D eigenvalue weighted by Crippen LogP contribution is 2.12. The van der Waals surface area contributed by atoms with E-state index in [0.29, 0.717) is 17.9 Å². The van der Waals surface area contributed by atoms with E-state index in [0.717, 1.165) is 0 Å². The predicted molar refractivity (Wildman–Crippen MR) is 48.3 cm³/mol. The van der Waals surface area contributed by atoms with Gasteiger partial charge in [-0.25, -0.2) is 9.07 Å². The molecule has 5 nitrogen and oxygen atoms in total. The van der Waals surface area contributed by atoms with E-state index in [1.54, 1.807) is 19.2 Å². The van der Waals surface area contributed by atoms with Crippen molar-refractivity contribution in [1.29, 1.82) is 0 Å². The van der Waals surface area contributed by atoms with Crippen LogP contribution in [0.15, 0.2) is 12.3 Å². The molecule has 74 valence electrons. The second-order valence-electron chi connectivity index (χ2n) is 2.94. The Morgan fingerprint density at radius 3 is 2.93 bits per heavy atom. The molecule has 0 bridgehead atoms. The SMILES string of the molecule is Cc1[nH]nc(-n2ccc(CN)n2)c1F. The lowest BCUT2D eigenvalue weighted by molar-refractivity contribution is 0.602. The molecule has 2 aromatic rings. The molecule has 0 fully saturated rings. The minimum absolute atomic E-state index is 0.169. The zero-order valence-electron chi connectivity index (χ0n) is 7.66. The molecule has 0 saturated heterocycles. The molecule has 0 spiro atoms. The Labute approximate surface area is 79.7 Å². The number of H-pyrrole nitrogens is 1. The fraction of sp³-hybridized carbons (Fsp3) is 0.250. The first-order valence-electron chi connectivity index (χ1n) is 4.18. The van der Waals surface area contributed by atoms with E-state index in [2.05, 4.69) is 15.3 Å². The van der Waals surface area contributed by atoms with Gasteiger partial charge in [-0.1, -0.05) is 0 Å². The van der Waals surface area contributed by atoms with Gasteiger partial charge < -0.3 is 5.73 Å². The third-order valence-electron chi connectivity index (χ3n) is 1.93. The van der Waals surface area contributed by atoms with E-state index >= 15 is 0 Å². The maximum absolute atomic E-state index is 13.4. The molecule has 0 aromatic carbocycles. The molecule has 2 rings (SSSR count). The van der Waals surface area contributed by atoms with Gasteiger partial charge in [0.25, 0.3) is 0 Å². The molecule has 0 atom stereocenters. The molecular formula is C8H10FN5. The summed E-state index contributed by atoms with van der Waals surface area (Å²) in [6.07, 6.45) is 1.63. The molecule has 14 heavy (non-hydrogen) atoms. The number of aryl methyl sites for hydroxylation is 1. The van der Waals surface area contributed by atoms with Gasteiger partial charge in [0.05, 0.1) is 11.4 Å². The topological polar surface area (TPSA) is 72.5 Å². The summed E-state index contributed by atoms with van der Waals surface area (Å²) in [4.78, 5) is 0. The summed E-state index contributed by atoms with van der Waals surface area (Å²) in [5, 5.41) is 10.4. The normalized spacial score (nSPS) is 10.8. The number of aromatic amines is 1. The van der Waals surface area contributed by atoms with Crippen molar-refractivity contribution in [2.45, 2.75) is 13.5 Å². The lowest BCUT2D eigenvalue weighted by Crippen LogP contribution is -2.02. The molecule has 2 aromatic heterocycles. The zero-order valence-corrected chi connectivity index (χ0v) is 7.66. The molecule has 0 aliphatic rings. The number of halogens is 1. The predicted octanol–water partition coefficient (Wildman–Crippen LogP) is 0.502. The molecule has 0 unspecified atom stereocenters. The van der Waals surface area contributed by atoms with Gasteiger partial charge in [-0.15, -0.1) is 0 Å². The first kappa shape index (κ1) is 8.89. The van der Waals surface area contributed by atoms with Crippen LogP contribution in [0.25, 0.3) is 5.82 Å². The minimum atomic E-state index is -0.392. The fourth-order valence-electron chi connectivity index (χ4n) is 1.14. The highest BCUT2D eigenvalue weighted by molar-refractivity contribution is 5.25. The minimum Gasteiger partial charge on any atom is -0.325 e. The molecule has 0 amide bonds. The summed E-state index contributed by atoms with van der Waals surface area (Å²) < 4.78 is 14.7. The third kappa shape index (κ3) is 1.29. The van der Waals surface area contributed by atoms with Crippen LogP contribution in [0.2, 0.25) is 0 Å². The van der Waals surface area contributed by atoms with Crippen LogP contribution < -0.4 is 5.73 Å². The summed E-state index contributed by atoms with van der Waals surface area (Å²) >= 11 is 0. The molecule has 0 radical (unpaired) electrons. The molecule has 6 heteroatoms. The quantitative estimate of drug-likeness (QED) is 0.733. The summed E-state index contributed by atoms with van der Waals surface area (Å²) in [7, 11) is 0. The summed E-state index contributed by atoms with van der Waals surface area (Å²) in [6.45, 7) is 1.94. The standard InChI is InChI=1S/C8H10FN5/c1-5-7(9)8(12-11-5)14-3-2-6(4-10)13-14/h2-3H,4,10H2,1H3,(H,11,12). The van der Waals surface area contributed by atoms with E-state index in [1.807, 2.05) is 0 Å². The monoisotopic (exact) mass is 195 g/mol. The van der Waals surface area contributed by atoms with Crippen LogP contribution >= 0.6 is 0 Å². The first-order valence-corrected chi connectivity index (χ1v) is 4.18. The van der Waals surface area contributed by atoms with Crippen molar-refractivity contribution >= 4 is 0 Å². The van der Waals surface area contributed by atoms with Crippen LogP contribution in [0.5, 0.6) is 0 Å². The van der Waals surface area contributed by atoms with Crippen molar-refractivity contribution in [1.82, 2.24) is 20.0 Å². The van der Waals surface area contributed by atoms with E-state index in [-0.39, 0.29) is 5.82 Å². The summed E-state index contributed by atoms with van der Waals surface area (Å²) in [5.74, 6) is -0.223. The van der Waals surface area contributed by atoms with Gasteiger partial charge >= 0.3 is 0 Å². The molecule has 0 saturated carbocycles. The Kier molecular flexibility index (Phi) is 2.05. The second-order valence-corrected chi connectivity index (χ2v) is 2.94. The Balaban J connectivity index is 2.44. The van der Waals surface area contributed by atoms with Crippen LogP contribution in [-0.2, 0) is 6.54 Å². The van der Waals surface area contributed by atoms with Gasteiger partial charge in [0, 0.05) is 12.7 Å². The van der Waals surface area contributed by atoms with Crippen molar-refractivity contribution < 1.29 is 4.39 Å². The highest BCUT2D eigenvalue weighted by atomic mass is 19.1. The van der Waals surface area contributed by atoms with Crippen LogP contribution in [-0.4, -0.2) is 20.0 Å². The average molecular weight is 195 g/mol. The number of nitrogens with zero attached hydrogens (tertiary/aromatic N) is 3. The number of nitrogens with one attached hydrogen (secondary N) is 1. The maximum Gasteiger partial charge on any atom is 0.211 e. The molecule has 3 N–H and O–H groups in total. The van der Waals surface area contributed by atoms with Gasteiger partial charge in [0.2, 0.25) is 5.82 Å². The maximum atomic E-state index is 13.4. The van der Waals surface area contributed by atoms with Crippen LogP contribution in [0.1, 0.15) is 11.4 Å². The van der Waals surface area contributed by atoms with Crippen molar-refractivity contribution in [2.24, 2.45) is 5.73 Å². The largest absolute Gasteiger partial charge is 0.325 e. The van der Waals surface area contributed by atoms with Crippen molar-refractivity contribution in [3.8, 4) is 5.82 Å². The Hall–Kier alpha value is -1.69. The Morgan fingerprint density at radius 1 is 1.64 bits per heavy atom. The lowest BCUT2D eigenvalue weighted by Gasteiger charge is -1.94. The van der Waals surface area contributed by atoms with E-state index in [9.17, 15) is 4.39 Å². The zero-order chi connectivity index (χ0) is 10.1. The van der Waals surface area contributed by atoms with Gasteiger partial charge in [-0.3, -0.25) is 5.10 Å². The smallest absolute Gasteiger partial charge is 0.211 e. The molecular weight excluding hydrogens is 185 g/mol. The van der Waals surface area contributed by atoms with Crippen molar-refractivity contribution in [2.75, 3.05) is 0 Å². The molecule has 0 aliphatic carbocycles. The van der Waals surface area contributed by atoms with Crippen LogP contribution in [0.4, 0.5) is 4.39 Å². The fourth-order valence-corrected chi connectivity index (χ4v) is 1.14. The second kappa shape index (κ2) is 3.22. The molecule has 0 aliphatic heterocycles. The van der Waals surface area contributed by atoms with Crippen LogP contribution in [0.3, 0.4) is 0 Å². The lowest BCUT2D eigenvalue weighted by atomic mass is 10.4. The van der Waals surface area contributed by atoms with E-state index in [4.69, 9.17) is 5.73 Å². The van der Waals surface area contributed by atoms with Crippen LogP contribution in [0, 0.1) is 12.7 Å². The molecule has 2 heterocycles. The number of rotatable bonds is 2. The van der Waals surface area contributed by atoms with Gasteiger partial charge in [0.15, 0.2) is 5.82 Å². The number of hydrogen-bond donors (Lipinski definition) is 2. The summed E-state index contributed by atoms with van der Waals surface area (Å²) in [6, 6.07) is 1.73. The average Bonchev–Trinajstić information content (AvgIpc) is 2.75. The first-order chi connectivity index (χ1) is 6.72. The third-order valence-corrected chi connectivity index (χ3v) is 1.93. The summed E-state index contributed by atoms with van der Waals surface area (Å²) in [5.41, 5.74) is 6.48. The number of nitrogens with two attached hydrogens (primary N) is 1. The Morgan fingerprint density at radius 2 is 2.43 bits per heavy atom. The van der Waals surface area contributed by atoms with Crippen molar-refractivity contribution in [3.63, 3.8) is 0 Å².